The molecule has 0 saturated carbocycles. The third-order valence-corrected chi connectivity index (χ3v) is 6.26. The molecule has 0 aliphatic carbocycles. The molecule has 0 unspecified atom stereocenters. The average Bonchev–Trinajstić information content (AvgIpc) is 3.51. The van der Waals surface area contributed by atoms with Gasteiger partial charge in [-0.25, -0.2) is 9.09 Å². The number of halogens is 2. The number of pyridine rings is 1. The van der Waals surface area contributed by atoms with E-state index in [0.717, 1.165) is 13.0 Å². The third kappa shape index (κ3) is 3.78. The molecule has 180 valence electrons. The van der Waals surface area contributed by atoms with Crippen molar-refractivity contribution in [1.29, 1.82) is 0 Å². The Kier molecular flexibility index (Phi) is 4.97. The molecule has 2 aliphatic heterocycles. The van der Waals surface area contributed by atoms with Crippen LogP contribution in [-0.4, -0.2) is 71.6 Å². The maximum Gasteiger partial charge on any atom is 0.333 e. The summed E-state index contributed by atoms with van der Waals surface area (Å²) in [7, 11) is 1.69. The first-order valence-electron chi connectivity index (χ1n) is 11.1. The van der Waals surface area contributed by atoms with Crippen molar-refractivity contribution in [3.63, 3.8) is 0 Å². The van der Waals surface area contributed by atoms with Gasteiger partial charge in [0.25, 0.3) is 5.91 Å². The number of carbonyl (C=O) groups is 1. The maximum absolute atomic E-state index is 13.8. The fraction of sp³-hybridized carbons (Fsp3) is 0.318. The molecular weight excluding hydrogens is 460 g/mol. The highest BCUT2D eigenvalue weighted by Gasteiger charge is 2.33. The second kappa shape index (κ2) is 8.18. The number of hydrogen-bond donors (Lipinski definition) is 2. The zero-order valence-corrected chi connectivity index (χ0v) is 18.7. The number of alkyl halides is 2. The van der Waals surface area contributed by atoms with Crippen LogP contribution in [0.2, 0.25) is 0 Å². The molecule has 5 bridgehead atoms. The van der Waals surface area contributed by atoms with E-state index >= 15 is 0 Å². The lowest BCUT2D eigenvalue weighted by molar-refractivity contribution is -0.623. The van der Waals surface area contributed by atoms with E-state index in [9.17, 15) is 13.6 Å². The monoisotopic (exact) mass is 482 g/mol. The summed E-state index contributed by atoms with van der Waals surface area (Å²) in [5, 5.41) is 18.6. The predicted molar refractivity (Wildman–Crippen MR) is 122 cm³/mol. The highest BCUT2D eigenvalue weighted by atomic mass is 19.3. The van der Waals surface area contributed by atoms with Crippen LogP contribution in [0.5, 0.6) is 5.75 Å². The molecule has 1 fully saturated rings. The van der Waals surface area contributed by atoms with E-state index in [4.69, 9.17) is 4.74 Å². The lowest BCUT2D eigenvalue weighted by Crippen LogP contribution is -2.46. The summed E-state index contributed by atoms with van der Waals surface area (Å²) in [6.45, 7) is -1.35. The summed E-state index contributed by atoms with van der Waals surface area (Å²) in [6.07, 6.45) is 5.80. The highest BCUT2D eigenvalue weighted by molar-refractivity contribution is 5.94. The van der Waals surface area contributed by atoms with Crippen molar-refractivity contribution in [2.75, 3.05) is 25.0 Å². The van der Waals surface area contributed by atoms with Gasteiger partial charge < -0.3 is 15.4 Å². The minimum absolute atomic E-state index is 0.0732. The number of ether oxygens (including phenoxy) is 1. The van der Waals surface area contributed by atoms with Gasteiger partial charge in [-0.2, -0.15) is 28.8 Å². The van der Waals surface area contributed by atoms with Gasteiger partial charge in [0.15, 0.2) is 29.6 Å². The first-order valence-corrected chi connectivity index (χ1v) is 11.1. The van der Waals surface area contributed by atoms with Crippen LogP contribution >= 0.6 is 0 Å². The van der Waals surface area contributed by atoms with Gasteiger partial charge in [-0.3, -0.25) is 9.48 Å². The molecule has 6 heterocycles. The number of rotatable bonds is 1. The molecule has 35 heavy (non-hydrogen) atoms. The molecular formula is C22H22F2N9O2+. The molecule has 1 amide bonds. The Morgan fingerprint density at radius 3 is 2.89 bits per heavy atom. The van der Waals surface area contributed by atoms with Gasteiger partial charge in [0.05, 0.1) is 24.7 Å². The van der Waals surface area contributed by atoms with Crippen LogP contribution in [0.25, 0.3) is 16.8 Å². The van der Waals surface area contributed by atoms with E-state index < -0.39 is 6.55 Å². The van der Waals surface area contributed by atoms with Crippen molar-refractivity contribution in [3.05, 3.63) is 42.4 Å². The standard InChI is InChI=1S/C22H21F2N9O2/c1-30-16-10-19(28-30)27-18-9-15-8-13(2-6-32(15)29-18)20-17(11-26-33(20)22(23)24)35-12-14-3-5-31(14)7-4-25-21(16)34/h2,6-11,14,22H,3-5,12H2,1H3,(H-,25,27,28,29,34)/p+1/t14-/m1/s1. The predicted octanol–water partition coefficient (Wildman–Crippen LogP) is 2.05. The number of carbonyl (C=O) groups excluding carboxylic acids is 1. The molecule has 2 aliphatic rings. The van der Waals surface area contributed by atoms with Crippen LogP contribution in [0, 0.1) is 0 Å². The summed E-state index contributed by atoms with van der Waals surface area (Å²) >= 11 is 0. The third-order valence-electron chi connectivity index (χ3n) is 6.26. The van der Waals surface area contributed by atoms with E-state index in [-0.39, 0.29) is 23.4 Å². The van der Waals surface area contributed by atoms with Gasteiger partial charge in [-0.15, -0.1) is 0 Å². The fourth-order valence-electron chi connectivity index (χ4n) is 4.36. The number of anilines is 2. The van der Waals surface area contributed by atoms with Crippen LogP contribution in [0.3, 0.4) is 0 Å². The van der Waals surface area contributed by atoms with Crippen molar-refractivity contribution >= 4 is 29.3 Å². The van der Waals surface area contributed by atoms with Crippen molar-refractivity contribution in [2.24, 2.45) is 7.05 Å². The largest absolute Gasteiger partial charge is 0.483 e. The van der Waals surface area contributed by atoms with Crippen molar-refractivity contribution in [1.82, 2.24) is 34.5 Å². The summed E-state index contributed by atoms with van der Waals surface area (Å²) in [5.74, 6) is 0.977. The van der Waals surface area contributed by atoms with Crippen molar-refractivity contribution in [3.8, 4) is 17.0 Å². The van der Waals surface area contributed by atoms with Gasteiger partial charge in [-0.1, -0.05) is 0 Å². The lowest BCUT2D eigenvalue weighted by Gasteiger charge is -2.24. The second-order valence-corrected chi connectivity index (χ2v) is 8.44. The Labute approximate surface area is 197 Å². The molecule has 2 N–H and O–H groups in total. The zero-order valence-electron chi connectivity index (χ0n) is 18.7. The summed E-state index contributed by atoms with van der Waals surface area (Å²) in [6, 6.07) is 6.92. The summed E-state index contributed by atoms with van der Waals surface area (Å²) in [5.41, 5.74) is 1.80. The first-order chi connectivity index (χ1) is 17.0. The van der Waals surface area contributed by atoms with Gasteiger partial charge in [0.2, 0.25) is 0 Å². The van der Waals surface area contributed by atoms with Crippen LogP contribution in [0.15, 0.2) is 36.7 Å². The lowest BCUT2D eigenvalue weighted by atomic mass is 10.1. The Bertz CT molecular complexity index is 1470. The first kappa shape index (κ1) is 21.3. The molecule has 6 rings (SSSR count). The number of fused-ring (bicyclic) bond motifs is 7. The maximum atomic E-state index is 13.8. The molecule has 4 aromatic heterocycles. The van der Waals surface area contributed by atoms with Crippen molar-refractivity contribution < 1.29 is 22.9 Å². The van der Waals surface area contributed by atoms with E-state index in [2.05, 4.69) is 30.5 Å². The van der Waals surface area contributed by atoms with Crippen LogP contribution in [-0.2, 0) is 7.05 Å². The average molecular weight is 482 g/mol. The van der Waals surface area contributed by atoms with Crippen LogP contribution in [0.4, 0.5) is 20.4 Å². The topological polar surface area (TPSA) is 106 Å². The number of amides is 1. The zero-order chi connectivity index (χ0) is 24.1. The summed E-state index contributed by atoms with van der Waals surface area (Å²) in [4.78, 5) is 12.7. The Balaban J connectivity index is 1.43. The van der Waals surface area contributed by atoms with E-state index in [1.807, 2.05) is 6.21 Å². The van der Waals surface area contributed by atoms with Crippen LogP contribution < -0.4 is 15.4 Å². The molecule has 1 saturated heterocycles. The van der Waals surface area contributed by atoms with Crippen LogP contribution in [0.1, 0.15) is 23.5 Å². The number of nitrogens with one attached hydrogen (secondary N) is 2. The van der Waals surface area contributed by atoms with Crippen molar-refractivity contribution in [2.45, 2.75) is 19.0 Å². The minimum atomic E-state index is -2.82. The summed E-state index contributed by atoms with van der Waals surface area (Å²) < 4.78 is 39.4. The minimum Gasteiger partial charge on any atom is -0.483 e. The molecule has 0 radical (unpaired) electrons. The number of hydrogen-bond acceptors (Lipinski definition) is 6. The Hall–Kier alpha value is -4.29. The van der Waals surface area contributed by atoms with E-state index in [0.29, 0.717) is 46.2 Å². The highest BCUT2D eigenvalue weighted by Crippen LogP contribution is 2.34. The van der Waals surface area contributed by atoms with E-state index in [1.54, 1.807) is 42.0 Å². The smallest absolute Gasteiger partial charge is 0.333 e. The molecule has 1 atom stereocenters. The molecule has 0 spiro atoms. The SMILES string of the molecule is Cn1nc2cc1C(=O)NCC=[N+]1CC[C@@H]1COc1cnn(C(F)F)c1-c1ccn3nc(cc3c1)N2. The number of aryl methyl sites for hydroxylation is 1. The molecule has 0 aromatic carbocycles. The number of aromatic nitrogens is 6. The van der Waals surface area contributed by atoms with Gasteiger partial charge >= 0.3 is 6.55 Å². The molecule has 11 nitrogen and oxygen atoms in total. The normalized spacial score (nSPS) is 18.0. The van der Waals surface area contributed by atoms with Gasteiger partial charge in [0.1, 0.15) is 24.5 Å². The van der Waals surface area contributed by atoms with E-state index in [1.165, 1.54) is 10.9 Å². The Morgan fingerprint density at radius 1 is 1.23 bits per heavy atom. The fourth-order valence-corrected chi connectivity index (χ4v) is 4.36. The quantitative estimate of drug-likeness (QED) is 0.403. The Morgan fingerprint density at radius 2 is 2.09 bits per heavy atom. The number of nitrogens with zero attached hydrogens (tertiary/aromatic N) is 7. The molecule has 13 heteroatoms. The second-order valence-electron chi connectivity index (χ2n) is 8.44. The van der Waals surface area contributed by atoms with Gasteiger partial charge in [0, 0.05) is 30.9 Å². The van der Waals surface area contributed by atoms with Gasteiger partial charge in [-0.05, 0) is 12.1 Å². The molecule has 4 aromatic rings.